The van der Waals surface area contributed by atoms with Crippen LogP contribution in [0, 0.1) is 19.7 Å². The number of H-pyrrole nitrogens is 1. The van der Waals surface area contributed by atoms with Gasteiger partial charge in [0.1, 0.15) is 5.69 Å². The Morgan fingerprint density at radius 3 is 2.86 bits per heavy atom. The van der Waals surface area contributed by atoms with Gasteiger partial charge >= 0.3 is 6.03 Å². The molecule has 146 valence electrons. The number of carbonyl (C=O) groups is 1. The van der Waals surface area contributed by atoms with E-state index in [1.54, 1.807) is 27.9 Å². The lowest BCUT2D eigenvalue weighted by Gasteiger charge is -2.33. The highest BCUT2D eigenvalue weighted by atomic mass is 19.1. The first kappa shape index (κ1) is 18.2. The molecule has 0 bridgehead atoms. The van der Waals surface area contributed by atoms with Crippen molar-refractivity contribution < 1.29 is 9.18 Å². The number of aryl methyl sites for hydroxylation is 2. The third kappa shape index (κ3) is 3.61. The SMILES string of the molecule is Cc1cc(C)n(-c2ccc(NC(=O)N3CCNC(c4cn[nH]c4)C3)cc2F)n1. The van der Waals surface area contributed by atoms with Crippen molar-refractivity contribution in [2.24, 2.45) is 0 Å². The van der Waals surface area contributed by atoms with Crippen molar-refractivity contribution in [3.05, 3.63) is 59.4 Å². The number of nitrogens with one attached hydrogen (secondary N) is 3. The van der Waals surface area contributed by atoms with E-state index in [9.17, 15) is 9.18 Å². The van der Waals surface area contributed by atoms with Gasteiger partial charge in [-0.2, -0.15) is 10.2 Å². The van der Waals surface area contributed by atoms with Crippen molar-refractivity contribution in [1.82, 2.24) is 30.2 Å². The molecule has 3 aromatic rings. The molecule has 9 heteroatoms. The van der Waals surface area contributed by atoms with Gasteiger partial charge in [-0.25, -0.2) is 13.9 Å². The molecular formula is C19H22FN7O. The van der Waals surface area contributed by atoms with Crippen LogP contribution in [0.2, 0.25) is 0 Å². The summed E-state index contributed by atoms with van der Waals surface area (Å²) in [5.41, 5.74) is 3.43. The quantitative estimate of drug-likeness (QED) is 0.648. The fraction of sp³-hybridized carbons (Fsp3) is 0.316. The molecule has 8 nitrogen and oxygen atoms in total. The summed E-state index contributed by atoms with van der Waals surface area (Å²) in [6.07, 6.45) is 3.55. The van der Waals surface area contributed by atoms with Crippen LogP contribution in [0.15, 0.2) is 36.7 Å². The summed E-state index contributed by atoms with van der Waals surface area (Å²) in [6.45, 7) is 5.49. The maximum absolute atomic E-state index is 14.6. The van der Waals surface area contributed by atoms with Gasteiger partial charge in [-0.1, -0.05) is 0 Å². The molecule has 1 atom stereocenters. The molecule has 1 saturated heterocycles. The summed E-state index contributed by atoms with van der Waals surface area (Å²) in [5, 5.41) is 17.2. The number of nitrogens with zero attached hydrogens (tertiary/aromatic N) is 4. The molecular weight excluding hydrogens is 361 g/mol. The van der Waals surface area contributed by atoms with E-state index in [4.69, 9.17) is 0 Å². The zero-order valence-corrected chi connectivity index (χ0v) is 15.7. The van der Waals surface area contributed by atoms with Crippen molar-refractivity contribution in [1.29, 1.82) is 0 Å². The Bertz CT molecular complexity index is 982. The van der Waals surface area contributed by atoms with Crippen LogP contribution in [-0.2, 0) is 0 Å². The number of piperazine rings is 1. The Morgan fingerprint density at radius 1 is 1.32 bits per heavy atom. The predicted octanol–water partition coefficient (Wildman–Crippen LogP) is 2.53. The van der Waals surface area contributed by atoms with Crippen molar-refractivity contribution in [2.75, 3.05) is 25.0 Å². The van der Waals surface area contributed by atoms with E-state index in [1.807, 2.05) is 26.1 Å². The molecule has 1 aliphatic rings. The highest BCUT2D eigenvalue weighted by Gasteiger charge is 2.25. The molecule has 1 unspecified atom stereocenters. The highest BCUT2D eigenvalue weighted by Crippen LogP contribution is 2.21. The molecule has 2 amide bonds. The fourth-order valence-electron chi connectivity index (χ4n) is 3.44. The van der Waals surface area contributed by atoms with Gasteiger partial charge in [0.2, 0.25) is 0 Å². The minimum Gasteiger partial charge on any atom is -0.321 e. The lowest BCUT2D eigenvalue weighted by atomic mass is 10.1. The van der Waals surface area contributed by atoms with Crippen LogP contribution >= 0.6 is 0 Å². The second kappa shape index (κ2) is 7.43. The van der Waals surface area contributed by atoms with Gasteiger partial charge in [0.25, 0.3) is 0 Å². The van der Waals surface area contributed by atoms with Gasteiger partial charge in [-0.3, -0.25) is 5.10 Å². The van der Waals surface area contributed by atoms with Gasteiger partial charge < -0.3 is 15.5 Å². The summed E-state index contributed by atoms with van der Waals surface area (Å²) in [4.78, 5) is 14.3. The van der Waals surface area contributed by atoms with Crippen LogP contribution in [0.5, 0.6) is 0 Å². The number of aromatic amines is 1. The number of halogens is 1. The first-order valence-corrected chi connectivity index (χ1v) is 9.12. The maximum atomic E-state index is 14.6. The van der Waals surface area contributed by atoms with Crippen LogP contribution < -0.4 is 10.6 Å². The van der Waals surface area contributed by atoms with E-state index in [1.165, 1.54) is 6.07 Å². The number of aromatic nitrogens is 4. The normalized spacial score (nSPS) is 17.0. The minimum absolute atomic E-state index is 0.0170. The number of hydrogen-bond donors (Lipinski definition) is 3. The first-order valence-electron chi connectivity index (χ1n) is 9.12. The van der Waals surface area contributed by atoms with Crippen molar-refractivity contribution >= 4 is 11.7 Å². The van der Waals surface area contributed by atoms with E-state index in [0.717, 1.165) is 17.0 Å². The van der Waals surface area contributed by atoms with Gasteiger partial charge in [-0.05, 0) is 38.1 Å². The van der Waals surface area contributed by atoms with E-state index >= 15 is 0 Å². The van der Waals surface area contributed by atoms with Crippen molar-refractivity contribution in [2.45, 2.75) is 19.9 Å². The summed E-state index contributed by atoms with van der Waals surface area (Å²) in [6, 6.07) is 6.27. The molecule has 4 rings (SSSR count). The van der Waals surface area contributed by atoms with Gasteiger partial charge in [0.15, 0.2) is 5.82 Å². The molecule has 28 heavy (non-hydrogen) atoms. The van der Waals surface area contributed by atoms with Crippen molar-refractivity contribution in [3.63, 3.8) is 0 Å². The number of rotatable bonds is 3. The Morgan fingerprint density at radius 2 is 2.18 bits per heavy atom. The molecule has 0 aliphatic carbocycles. The fourth-order valence-corrected chi connectivity index (χ4v) is 3.44. The van der Waals surface area contributed by atoms with E-state index in [0.29, 0.717) is 31.0 Å². The lowest BCUT2D eigenvalue weighted by molar-refractivity contribution is 0.190. The van der Waals surface area contributed by atoms with E-state index in [-0.39, 0.29) is 12.1 Å². The summed E-state index contributed by atoms with van der Waals surface area (Å²) >= 11 is 0. The summed E-state index contributed by atoms with van der Waals surface area (Å²) in [5.74, 6) is -0.444. The molecule has 0 spiro atoms. The van der Waals surface area contributed by atoms with E-state index in [2.05, 4.69) is 25.9 Å². The Labute approximate surface area is 161 Å². The van der Waals surface area contributed by atoms with E-state index < -0.39 is 5.82 Å². The topological polar surface area (TPSA) is 90.9 Å². The van der Waals surface area contributed by atoms with Gasteiger partial charge in [-0.15, -0.1) is 0 Å². The average molecular weight is 383 g/mol. The number of urea groups is 1. The first-order chi connectivity index (χ1) is 13.5. The molecule has 1 aliphatic heterocycles. The predicted molar refractivity (Wildman–Crippen MR) is 103 cm³/mol. The lowest BCUT2D eigenvalue weighted by Crippen LogP contribution is -2.49. The van der Waals surface area contributed by atoms with Crippen LogP contribution in [0.1, 0.15) is 23.0 Å². The van der Waals surface area contributed by atoms with Crippen LogP contribution in [0.3, 0.4) is 0 Å². The standard InChI is InChI=1S/C19H22FN7O/c1-12-7-13(2)27(25-12)18-4-3-15(8-16(18)20)24-19(28)26-6-5-21-17(11-26)14-9-22-23-10-14/h3-4,7-10,17,21H,5-6,11H2,1-2H3,(H,22,23)(H,24,28). The Kier molecular flexibility index (Phi) is 4.82. The van der Waals surface area contributed by atoms with Gasteiger partial charge in [0, 0.05) is 42.8 Å². The van der Waals surface area contributed by atoms with Crippen LogP contribution in [-0.4, -0.2) is 50.5 Å². The van der Waals surface area contributed by atoms with Crippen molar-refractivity contribution in [3.8, 4) is 5.69 Å². The second-order valence-electron chi connectivity index (χ2n) is 6.92. The van der Waals surface area contributed by atoms with Crippen LogP contribution in [0.4, 0.5) is 14.9 Å². The largest absolute Gasteiger partial charge is 0.321 e. The van der Waals surface area contributed by atoms with Gasteiger partial charge in [0.05, 0.1) is 17.9 Å². The number of anilines is 1. The third-order valence-corrected chi connectivity index (χ3v) is 4.82. The van der Waals surface area contributed by atoms with Crippen LogP contribution in [0.25, 0.3) is 5.69 Å². The summed E-state index contributed by atoms with van der Waals surface area (Å²) in [7, 11) is 0. The zero-order valence-electron chi connectivity index (χ0n) is 15.7. The maximum Gasteiger partial charge on any atom is 0.321 e. The number of amides is 2. The molecule has 0 radical (unpaired) electrons. The summed E-state index contributed by atoms with van der Waals surface area (Å²) < 4.78 is 16.2. The molecule has 2 aromatic heterocycles. The minimum atomic E-state index is -0.444. The highest BCUT2D eigenvalue weighted by molar-refractivity contribution is 5.89. The Hall–Kier alpha value is -3.20. The monoisotopic (exact) mass is 383 g/mol. The molecule has 1 aromatic carbocycles. The average Bonchev–Trinajstić information content (AvgIpc) is 3.32. The molecule has 1 fully saturated rings. The smallest absolute Gasteiger partial charge is 0.321 e. The molecule has 0 saturated carbocycles. The number of benzene rings is 1. The number of carbonyl (C=O) groups excluding carboxylic acids is 1. The Balaban J connectivity index is 1.46. The second-order valence-corrected chi connectivity index (χ2v) is 6.92. The zero-order chi connectivity index (χ0) is 19.7. The molecule has 3 N–H and O–H groups in total. The number of hydrogen-bond acceptors (Lipinski definition) is 4. The molecule has 3 heterocycles. The third-order valence-electron chi connectivity index (χ3n) is 4.82.